The van der Waals surface area contributed by atoms with Gasteiger partial charge in [0.25, 0.3) is 0 Å². The third-order valence-corrected chi connectivity index (χ3v) is 5.48. The van der Waals surface area contributed by atoms with Crippen LogP contribution in [-0.4, -0.2) is 26.9 Å². The summed E-state index contributed by atoms with van der Waals surface area (Å²) in [4.78, 5) is 13.6. The average Bonchev–Trinajstić information content (AvgIpc) is 2.89. The van der Waals surface area contributed by atoms with Crippen LogP contribution < -0.4 is 9.62 Å². The first-order valence-electron chi connectivity index (χ1n) is 7.53. The molecular weight excluding hydrogens is 331 g/mol. The molecule has 1 saturated heterocycles. The molecule has 1 aliphatic heterocycles. The standard InChI is InChI=1S/C17H17FN2O3S/c1-12-6-8-13(9-7-12)20-11-10-15(17(20)21)19-24(22,23)16-5-3-2-4-14(16)18/h2-9,15,19H,10-11H2,1H3. The highest BCUT2D eigenvalue weighted by molar-refractivity contribution is 7.89. The summed E-state index contributed by atoms with van der Waals surface area (Å²) in [6.45, 7) is 2.35. The molecule has 1 heterocycles. The molecule has 1 unspecified atom stereocenters. The van der Waals surface area contributed by atoms with Crippen molar-refractivity contribution in [2.45, 2.75) is 24.3 Å². The zero-order valence-electron chi connectivity index (χ0n) is 13.1. The summed E-state index contributed by atoms with van der Waals surface area (Å²) in [5.41, 5.74) is 1.79. The van der Waals surface area contributed by atoms with Crippen LogP contribution in [0.3, 0.4) is 0 Å². The molecule has 2 aromatic carbocycles. The van der Waals surface area contributed by atoms with Gasteiger partial charge >= 0.3 is 0 Å². The Hall–Kier alpha value is -2.25. The first-order chi connectivity index (χ1) is 11.4. The summed E-state index contributed by atoms with van der Waals surface area (Å²) < 4.78 is 40.7. The van der Waals surface area contributed by atoms with E-state index < -0.39 is 26.8 Å². The predicted molar refractivity (Wildman–Crippen MR) is 88.7 cm³/mol. The lowest BCUT2D eigenvalue weighted by Gasteiger charge is -2.17. The number of carbonyl (C=O) groups excluding carboxylic acids is 1. The molecule has 0 bridgehead atoms. The smallest absolute Gasteiger partial charge is 0.245 e. The molecule has 0 saturated carbocycles. The Morgan fingerprint density at radius 2 is 1.79 bits per heavy atom. The van der Waals surface area contributed by atoms with E-state index in [0.717, 1.165) is 17.3 Å². The van der Waals surface area contributed by atoms with E-state index in [1.54, 1.807) is 0 Å². The number of nitrogens with one attached hydrogen (secondary N) is 1. The number of carbonyl (C=O) groups is 1. The predicted octanol–water partition coefficient (Wildman–Crippen LogP) is 2.22. The molecule has 3 rings (SSSR count). The normalized spacial score (nSPS) is 18.2. The van der Waals surface area contributed by atoms with Crippen molar-refractivity contribution in [3.8, 4) is 0 Å². The van der Waals surface area contributed by atoms with Crippen LogP contribution in [0.2, 0.25) is 0 Å². The van der Waals surface area contributed by atoms with E-state index >= 15 is 0 Å². The van der Waals surface area contributed by atoms with Crippen molar-refractivity contribution >= 4 is 21.6 Å². The number of nitrogens with zero attached hydrogens (tertiary/aromatic N) is 1. The minimum absolute atomic E-state index is 0.334. The van der Waals surface area contributed by atoms with Gasteiger partial charge in [0.15, 0.2) is 0 Å². The average molecular weight is 348 g/mol. The largest absolute Gasteiger partial charge is 0.311 e. The molecule has 5 nitrogen and oxygen atoms in total. The summed E-state index contributed by atoms with van der Waals surface area (Å²) in [6.07, 6.45) is 0.334. The molecule has 7 heteroatoms. The second-order valence-corrected chi connectivity index (χ2v) is 7.40. The van der Waals surface area contributed by atoms with E-state index in [9.17, 15) is 17.6 Å². The number of hydrogen-bond acceptors (Lipinski definition) is 3. The summed E-state index contributed by atoms with van der Waals surface area (Å²) in [7, 11) is -4.09. The SMILES string of the molecule is Cc1ccc(N2CCC(NS(=O)(=O)c3ccccc3F)C2=O)cc1. The van der Waals surface area contributed by atoms with Gasteiger partial charge in [0.05, 0.1) is 0 Å². The number of amides is 1. The van der Waals surface area contributed by atoms with Crippen molar-refractivity contribution in [2.24, 2.45) is 0 Å². The molecule has 126 valence electrons. The summed E-state index contributed by atoms with van der Waals surface area (Å²) >= 11 is 0. The highest BCUT2D eigenvalue weighted by Crippen LogP contribution is 2.23. The van der Waals surface area contributed by atoms with Gasteiger partial charge in [0.2, 0.25) is 15.9 Å². The van der Waals surface area contributed by atoms with E-state index in [0.29, 0.717) is 13.0 Å². The molecule has 1 N–H and O–H groups in total. The Bertz CT molecular complexity index is 866. The van der Waals surface area contributed by atoms with E-state index in [1.165, 1.54) is 23.1 Å². The van der Waals surface area contributed by atoms with Crippen molar-refractivity contribution in [3.63, 3.8) is 0 Å². The third kappa shape index (κ3) is 3.18. The van der Waals surface area contributed by atoms with Crippen LogP contribution in [0.25, 0.3) is 0 Å². The highest BCUT2D eigenvalue weighted by atomic mass is 32.2. The lowest BCUT2D eigenvalue weighted by molar-refractivity contribution is -0.118. The van der Waals surface area contributed by atoms with Crippen molar-refractivity contribution in [3.05, 3.63) is 59.9 Å². The number of aryl methyl sites for hydroxylation is 1. The fraction of sp³-hybridized carbons (Fsp3) is 0.235. The number of halogens is 1. The van der Waals surface area contributed by atoms with Gasteiger partial charge in [-0.25, -0.2) is 12.8 Å². The van der Waals surface area contributed by atoms with Gasteiger partial charge in [-0.05, 0) is 37.6 Å². The van der Waals surface area contributed by atoms with E-state index in [4.69, 9.17) is 0 Å². The van der Waals surface area contributed by atoms with Gasteiger partial charge in [0.1, 0.15) is 16.8 Å². The lowest BCUT2D eigenvalue weighted by atomic mass is 10.2. The monoisotopic (exact) mass is 348 g/mol. The van der Waals surface area contributed by atoms with Gasteiger partial charge in [-0.3, -0.25) is 4.79 Å². The molecular formula is C17H17FN2O3S. The van der Waals surface area contributed by atoms with E-state index in [1.807, 2.05) is 31.2 Å². The fourth-order valence-corrected chi connectivity index (χ4v) is 3.99. The van der Waals surface area contributed by atoms with Crippen LogP contribution in [0.5, 0.6) is 0 Å². The van der Waals surface area contributed by atoms with Gasteiger partial charge in [-0.2, -0.15) is 4.72 Å². The maximum absolute atomic E-state index is 13.7. The maximum atomic E-state index is 13.7. The molecule has 0 radical (unpaired) electrons. The maximum Gasteiger partial charge on any atom is 0.245 e. The molecule has 1 aliphatic rings. The van der Waals surface area contributed by atoms with E-state index in [2.05, 4.69) is 4.72 Å². The van der Waals surface area contributed by atoms with Crippen molar-refractivity contribution in [1.29, 1.82) is 0 Å². The Balaban J connectivity index is 1.79. The van der Waals surface area contributed by atoms with Crippen molar-refractivity contribution in [2.75, 3.05) is 11.4 Å². The van der Waals surface area contributed by atoms with Crippen LogP contribution in [0.15, 0.2) is 53.4 Å². The zero-order valence-corrected chi connectivity index (χ0v) is 13.9. The molecule has 2 aromatic rings. The van der Waals surface area contributed by atoms with Gasteiger partial charge in [-0.1, -0.05) is 29.8 Å². The first kappa shape index (κ1) is 16.6. The lowest BCUT2D eigenvalue weighted by Crippen LogP contribution is -2.41. The number of rotatable bonds is 4. The number of hydrogen-bond donors (Lipinski definition) is 1. The Morgan fingerprint density at radius 1 is 1.12 bits per heavy atom. The number of anilines is 1. The number of benzene rings is 2. The van der Waals surface area contributed by atoms with Crippen LogP contribution in [-0.2, 0) is 14.8 Å². The van der Waals surface area contributed by atoms with Crippen molar-refractivity contribution < 1.29 is 17.6 Å². The first-order valence-corrected chi connectivity index (χ1v) is 9.02. The van der Waals surface area contributed by atoms with E-state index in [-0.39, 0.29) is 5.91 Å². The molecule has 24 heavy (non-hydrogen) atoms. The minimum Gasteiger partial charge on any atom is -0.311 e. The highest BCUT2D eigenvalue weighted by Gasteiger charge is 2.36. The van der Waals surface area contributed by atoms with Gasteiger partial charge in [0, 0.05) is 12.2 Å². The second-order valence-electron chi connectivity index (χ2n) is 5.72. The van der Waals surface area contributed by atoms with Crippen LogP contribution >= 0.6 is 0 Å². The van der Waals surface area contributed by atoms with Crippen LogP contribution in [0.1, 0.15) is 12.0 Å². The Kier molecular flexibility index (Phi) is 4.38. The minimum atomic E-state index is -4.09. The zero-order chi connectivity index (χ0) is 17.3. The molecule has 0 spiro atoms. The van der Waals surface area contributed by atoms with Gasteiger partial charge < -0.3 is 4.90 Å². The molecule has 1 amide bonds. The quantitative estimate of drug-likeness (QED) is 0.921. The van der Waals surface area contributed by atoms with Gasteiger partial charge in [-0.15, -0.1) is 0 Å². The molecule has 1 fully saturated rings. The topological polar surface area (TPSA) is 66.5 Å². The molecule has 0 aromatic heterocycles. The Labute approximate surface area is 140 Å². The summed E-state index contributed by atoms with van der Waals surface area (Å²) in [5, 5.41) is 0. The van der Waals surface area contributed by atoms with Crippen LogP contribution in [0.4, 0.5) is 10.1 Å². The third-order valence-electron chi connectivity index (χ3n) is 3.97. The molecule has 0 aliphatic carbocycles. The molecule has 1 atom stereocenters. The van der Waals surface area contributed by atoms with Crippen molar-refractivity contribution in [1.82, 2.24) is 4.72 Å². The summed E-state index contributed by atoms with van der Waals surface area (Å²) in [5.74, 6) is -1.18. The fourth-order valence-electron chi connectivity index (χ4n) is 2.68. The van der Waals surface area contributed by atoms with Crippen LogP contribution in [0, 0.1) is 12.7 Å². The number of sulfonamides is 1. The second kappa shape index (κ2) is 6.33. The Morgan fingerprint density at radius 3 is 2.46 bits per heavy atom. The summed E-state index contributed by atoms with van der Waals surface area (Å²) in [6, 6.07) is 11.6.